The standard InChI is InChI=1S/C22H17N3O2/c26-22(18-10-12-19(13-11-18)25-16-6-15-24-25)27-21(17-7-2-1-3-8-17)20-9-4-5-14-23-20/h1-16,21H. The first-order valence-electron chi connectivity index (χ1n) is 8.58. The fourth-order valence-electron chi connectivity index (χ4n) is 2.80. The summed E-state index contributed by atoms with van der Waals surface area (Å²) < 4.78 is 7.55. The van der Waals surface area contributed by atoms with Crippen LogP contribution in [-0.2, 0) is 4.74 Å². The van der Waals surface area contributed by atoms with E-state index in [-0.39, 0.29) is 0 Å². The summed E-state index contributed by atoms with van der Waals surface area (Å²) in [6, 6.07) is 24.2. The Bertz CT molecular complexity index is 959. The number of pyridine rings is 1. The summed E-state index contributed by atoms with van der Waals surface area (Å²) in [6.45, 7) is 0. The third kappa shape index (κ3) is 3.77. The first-order valence-corrected chi connectivity index (χ1v) is 8.58. The van der Waals surface area contributed by atoms with Crippen LogP contribution in [0, 0.1) is 0 Å². The van der Waals surface area contributed by atoms with Gasteiger partial charge < -0.3 is 4.74 Å². The Morgan fingerprint density at radius 2 is 1.63 bits per heavy atom. The number of ether oxygens (including phenoxy) is 1. The maximum atomic E-state index is 12.7. The van der Waals surface area contributed by atoms with Gasteiger partial charge in [-0.15, -0.1) is 0 Å². The second-order valence-electron chi connectivity index (χ2n) is 5.95. The summed E-state index contributed by atoms with van der Waals surface area (Å²) in [7, 11) is 0. The van der Waals surface area contributed by atoms with Gasteiger partial charge in [-0.25, -0.2) is 9.48 Å². The molecule has 0 aliphatic rings. The molecule has 132 valence electrons. The molecule has 5 heteroatoms. The number of hydrogen-bond acceptors (Lipinski definition) is 4. The third-order valence-corrected chi connectivity index (χ3v) is 4.16. The van der Waals surface area contributed by atoms with Crippen LogP contribution in [0.1, 0.15) is 27.7 Å². The zero-order valence-corrected chi connectivity index (χ0v) is 14.5. The SMILES string of the molecule is O=C(OC(c1ccccc1)c1ccccn1)c1ccc(-n2cccn2)cc1. The van der Waals surface area contributed by atoms with Crippen LogP contribution in [0.15, 0.2) is 97.5 Å². The average Bonchev–Trinajstić information content (AvgIpc) is 3.28. The Balaban J connectivity index is 1.58. The molecule has 0 N–H and O–H groups in total. The van der Waals surface area contributed by atoms with Crippen molar-refractivity contribution in [2.45, 2.75) is 6.10 Å². The number of hydrogen-bond donors (Lipinski definition) is 0. The van der Waals surface area contributed by atoms with E-state index in [1.807, 2.05) is 72.9 Å². The molecular weight excluding hydrogens is 338 g/mol. The highest BCUT2D eigenvalue weighted by molar-refractivity contribution is 5.89. The smallest absolute Gasteiger partial charge is 0.339 e. The van der Waals surface area contributed by atoms with Gasteiger partial charge in [0.2, 0.25) is 0 Å². The first kappa shape index (κ1) is 16.7. The van der Waals surface area contributed by atoms with Gasteiger partial charge in [-0.3, -0.25) is 4.98 Å². The minimum atomic E-state index is -0.564. The van der Waals surface area contributed by atoms with Crippen LogP contribution in [0.3, 0.4) is 0 Å². The highest BCUT2D eigenvalue weighted by atomic mass is 16.5. The zero-order valence-electron chi connectivity index (χ0n) is 14.5. The van der Waals surface area contributed by atoms with E-state index in [4.69, 9.17) is 4.74 Å². The average molecular weight is 355 g/mol. The minimum Gasteiger partial charge on any atom is -0.447 e. The molecule has 4 aromatic rings. The summed E-state index contributed by atoms with van der Waals surface area (Å²) in [5, 5.41) is 4.18. The molecule has 2 aromatic carbocycles. The molecule has 0 spiro atoms. The van der Waals surface area contributed by atoms with Gasteiger partial charge in [0.25, 0.3) is 0 Å². The predicted molar refractivity (Wildman–Crippen MR) is 102 cm³/mol. The van der Waals surface area contributed by atoms with Crippen LogP contribution >= 0.6 is 0 Å². The Morgan fingerprint density at radius 1 is 0.852 bits per heavy atom. The molecule has 2 aromatic heterocycles. The molecule has 0 bridgehead atoms. The normalized spacial score (nSPS) is 11.7. The van der Waals surface area contributed by atoms with E-state index in [2.05, 4.69) is 10.1 Å². The van der Waals surface area contributed by atoms with Crippen molar-refractivity contribution >= 4 is 5.97 Å². The molecule has 4 rings (SSSR count). The molecule has 0 fully saturated rings. The molecule has 0 aliphatic heterocycles. The van der Waals surface area contributed by atoms with Gasteiger partial charge >= 0.3 is 5.97 Å². The molecule has 1 unspecified atom stereocenters. The van der Waals surface area contributed by atoms with E-state index in [0.29, 0.717) is 11.3 Å². The van der Waals surface area contributed by atoms with Crippen LogP contribution in [0.2, 0.25) is 0 Å². The molecule has 0 saturated carbocycles. The van der Waals surface area contributed by atoms with E-state index in [0.717, 1.165) is 11.3 Å². The van der Waals surface area contributed by atoms with Crippen molar-refractivity contribution in [3.63, 3.8) is 0 Å². The summed E-state index contributed by atoms with van der Waals surface area (Å²) in [6.07, 6.45) is 4.68. The fourth-order valence-corrected chi connectivity index (χ4v) is 2.80. The highest BCUT2D eigenvalue weighted by Crippen LogP contribution is 2.25. The molecule has 5 nitrogen and oxygen atoms in total. The van der Waals surface area contributed by atoms with Gasteiger partial charge in [0, 0.05) is 18.6 Å². The first-order chi connectivity index (χ1) is 13.3. The lowest BCUT2D eigenvalue weighted by molar-refractivity contribution is 0.0370. The molecule has 0 radical (unpaired) electrons. The van der Waals surface area contributed by atoms with E-state index in [9.17, 15) is 4.79 Å². The zero-order chi connectivity index (χ0) is 18.5. The van der Waals surface area contributed by atoms with Crippen LogP contribution in [0.4, 0.5) is 0 Å². The number of carbonyl (C=O) groups is 1. The quantitative estimate of drug-likeness (QED) is 0.503. The van der Waals surface area contributed by atoms with Crippen molar-refractivity contribution in [2.75, 3.05) is 0 Å². The van der Waals surface area contributed by atoms with Gasteiger partial charge in [0.1, 0.15) is 0 Å². The molecule has 0 amide bonds. The number of carbonyl (C=O) groups excluding carboxylic acids is 1. The van der Waals surface area contributed by atoms with Crippen molar-refractivity contribution in [1.29, 1.82) is 0 Å². The Labute approximate surface area is 156 Å². The Hall–Kier alpha value is -3.73. The number of benzene rings is 2. The lowest BCUT2D eigenvalue weighted by atomic mass is 10.1. The van der Waals surface area contributed by atoms with E-state index >= 15 is 0 Å². The largest absolute Gasteiger partial charge is 0.447 e. The van der Waals surface area contributed by atoms with Crippen LogP contribution in [0.25, 0.3) is 5.69 Å². The third-order valence-electron chi connectivity index (χ3n) is 4.16. The van der Waals surface area contributed by atoms with E-state index in [1.54, 1.807) is 29.2 Å². The summed E-state index contributed by atoms with van der Waals surface area (Å²) in [4.78, 5) is 17.1. The number of aromatic nitrogens is 3. The number of esters is 1. The molecule has 27 heavy (non-hydrogen) atoms. The van der Waals surface area contributed by atoms with Gasteiger partial charge in [0.15, 0.2) is 6.10 Å². The summed E-state index contributed by atoms with van der Waals surface area (Å²) in [5.74, 6) is -0.401. The number of rotatable bonds is 5. The van der Waals surface area contributed by atoms with Crippen LogP contribution in [-0.4, -0.2) is 20.7 Å². The van der Waals surface area contributed by atoms with Gasteiger partial charge in [-0.05, 0) is 48.0 Å². The molecule has 2 heterocycles. The van der Waals surface area contributed by atoms with E-state index < -0.39 is 12.1 Å². The molecular formula is C22H17N3O2. The number of nitrogens with zero attached hydrogens (tertiary/aromatic N) is 3. The monoisotopic (exact) mass is 355 g/mol. The van der Waals surface area contributed by atoms with Crippen molar-refractivity contribution in [1.82, 2.24) is 14.8 Å². The van der Waals surface area contributed by atoms with Crippen molar-refractivity contribution in [2.24, 2.45) is 0 Å². The predicted octanol–water partition coefficient (Wildman–Crippen LogP) is 4.21. The second-order valence-corrected chi connectivity index (χ2v) is 5.95. The van der Waals surface area contributed by atoms with E-state index in [1.165, 1.54) is 0 Å². The summed E-state index contributed by atoms with van der Waals surface area (Å²) in [5.41, 5.74) is 2.91. The molecule has 0 aliphatic carbocycles. The van der Waals surface area contributed by atoms with Gasteiger partial charge in [0.05, 0.1) is 16.9 Å². The lowest BCUT2D eigenvalue weighted by Gasteiger charge is -2.18. The van der Waals surface area contributed by atoms with Crippen molar-refractivity contribution in [3.8, 4) is 5.69 Å². The fraction of sp³-hybridized carbons (Fsp3) is 0.0455. The van der Waals surface area contributed by atoms with Crippen molar-refractivity contribution < 1.29 is 9.53 Å². The maximum absolute atomic E-state index is 12.7. The molecule has 0 saturated heterocycles. The van der Waals surface area contributed by atoms with Gasteiger partial charge in [-0.2, -0.15) is 5.10 Å². The minimum absolute atomic E-state index is 0.401. The topological polar surface area (TPSA) is 57.0 Å². The Morgan fingerprint density at radius 3 is 2.30 bits per heavy atom. The maximum Gasteiger partial charge on any atom is 0.339 e. The van der Waals surface area contributed by atoms with Gasteiger partial charge in [-0.1, -0.05) is 36.4 Å². The summed E-state index contributed by atoms with van der Waals surface area (Å²) >= 11 is 0. The van der Waals surface area contributed by atoms with Crippen LogP contribution in [0.5, 0.6) is 0 Å². The van der Waals surface area contributed by atoms with Crippen LogP contribution < -0.4 is 0 Å². The second kappa shape index (κ2) is 7.66. The van der Waals surface area contributed by atoms with Crippen molar-refractivity contribution in [3.05, 3.63) is 114 Å². The molecule has 1 atom stereocenters. The Kier molecular flexibility index (Phi) is 4.74. The highest BCUT2D eigenvalue weighted by Gasteiger charge is 2.21. The lowest BCUT2D eigenvalue weighted by Crippen LogP contribution is -2.14.